The van der Waals surface area contributed by atoms with Crippen LogP contribution in [0.3, 0.4) is 0 Å². The Hall–Kier alpha value is -3.30. The zero-order valence-corrected chi connectivity index (χ0v) is 19.0. The lowest BCUT2D eigenvalue weighted by molar-refractivity contribution is -0.130. The fourth-order valence-electron chi connectivity index (χ4n) is 3.45. The highest BCUT2D eigenvalue weighted by molar-refractivity contribution is 7.12. The number of amides is 3. The van der Waals surface area contributed by atoms with Crippen LogP contribution in [-0.4, -0.2) is 42.5 Å². The van der Waals surface area contributed by atoms with Gasteiger partial charge in [0.25, 0.3) is 5.91 Å². The molecule has 8 nitrogen and oxygen atoms in total. The van der Waals surface area contributed by atoms with Crippen LogP contribution in [0.5, 0.6) is 0 Å². The molecule has 1 heterocycles. The van der Waals surface area contributed by atoms with Gasteiger partial charge in [0, 0.05) is 13.7 Å². The van der Waals surface area contributed by atoms with Crippen LogP contribution in [0.25, 0.3) is 10.8 Å². The van der Waals surface area contributed by atoms with Gasteiger partial charge in [0.05, 0.1) is 22.4 Å². The van der Waals surface area contributed by atoms with Crippen LogP contribution in [0, 0.1) is 6.92 Å². The van der Waals surface area contributed by atoms with Crippen molar-refractivity contribution < 1.29 is 19.1 Å². The van der Waals surface area contributed by atoms with Crippen molar-refractivity contribution in [1.29, 1.82) is 0 Å². The van der Waals surface area contributed by atoms with E-state index in [-0.39, 0.29) is 18.2 Å². The SMILES string of the molecule is COC[C@@H](C(=O)N[C@@H](C)C(=O)NCc1cccc2ccccc12)c1sc(C)nc1C(N)=O. The van der Waals surface area contributed by atoms with E-state index < -0.39 is 23.8 Å². The van der Waals surface area contributed by atoms with Crippen molar-refractivity contribution in [3.05, 3.63) is 63.6 Å². The van der Waals surface area contributed by atoms with Crippen molar-refractivity contribution in [3.63, 3.8) is 0 Å². The number of carbonyl (C=O) groups excluding carboxylic acids is 3. The number of primary amides is 1. The number of nitrogens with zero attached hydrogens (tertiary/aromatic N) is 1. The molecule has 168 valence electrons. The lowest BCUT2D eigenvalue weighted by Crippen LogP contribution is -2.46. The molecule has 2 atom stereocenters. The first-order chi connectivity index (χ1) is 15.3. The van der Waals surface area contributed by atoms with Gasteiger partial charge in [-0.05, 0) is 30.2 Å². The first kappa shape index (κ1) is 23.4. The molecule has 0 saturated carbocycles. The second kappa shape index (κ2) is 10.3. The van der Waals surface area contributed by atoms with Crippen molar-refractivity contribution in [2.45, 2.75) is 32.4 Å². The van der Waals surface area contributed by atoms with Gasteiger partial charge in [-0.1, -0.05) is 42.5 Å². The minimum Gasteiger partial charge on any atom is -0.383 e. The van der Waals surface area contributed by atoms with Crippen molar-refractivity contribution >= 4 is 39.8 Å². The van der Waals surface area contributed by atoms with Crippen molar-refractivity contribution in [3.8, 4) is 0 Å². The van der Waals surface area contributed by atoms with E-state index in [0.29, 0.717) is 16.4 Å². The molecule has 3 aromatic rings. The van der Waals surface area contributed by atoms with Crippen LogP contribution in [0.2, 0.25) is 0 Å². The fourth-order valence-corrected chi connectivity index (χ4v) is 4.47. The maximum Gasteiger partial charge on any atom is 0.268 e. The van der Waals surface area contributed by atoms with E-state index >= 15 is 0 Å². The van der Waals surface area contributed by atoms with E-state index in [1.54, 1.807) is 13.8 Å². The molecule has 1 aromatic heterocycles. The van der Waals surface area contributed by atoms with Gasteiger partial charge < -0.3 is 21.1 Å². The number of fused-ring (bicyclic) bond motifs is 1. The number of aromatic nitrogens is 1. The molecule has 3 rings (SSSR count). The number of hydrogen-bond donors (Lipinski definition) is 3. The van der Waals surface area contributed by atoms with E-state index in [4.69, 9.17) is 10.5 Å². The van der Waals surface area contributed by atoms with Gasteiger partial charge in [-0.3, -0.25) is 14.4 Å². The third-order valence-corrected chi connectivity index (χ3v) is 6.13. The summed E-state index contributed by atoms with van der Waals surface area (Å²) in [4.78, 5) is 41.9. The number of benzene rings is 2. The molecule has 0 fully saturated rings. The topological polar surface area (TPSA) is 123 Å². The Kier molecular flexibility index (Phi) is 7.55. The Bertz CT molecular complexity index is 1140. The van der Waals surface area contributed by atoms with Crippen LogP contribution in [0.4, 0.5) is 0 Å². The minimum absolute atomic E-state index is 0.0259. The Morgan fingerprint density at radius 3 is 2.56 bits per heavy atom. The lowest BCUT2D eigenvalue weighted by Gasteiger charge is -2.19. The zero-order valence-electron chi connectivity index (χ0n) is 18.2. The molecule has 0 aliphatic carbocycles. The van der Waals surface area contributed by atoms with Crippen LogP contribution in [0.15, 0.2) is 42.5 Å². The maximum atomic E-state index is 12.9. The number of nitrogens with two attached hydrogens (primary N) is 1. The average molecular weight is 455 g/mol. The summed E-state index contributed by atoms with van der Waals surface area (Å²) in [6.07, 6.45) is 0. The van der Waals surface area contributed by atoms with Crippen LogP contribution in [0.1, 0.15) is 38.8 Å². The number of hydrogen-bond acceptors (Lipinski definition) is 6. The largest absolute Gasteiger partial charge is 0.383 e. The van der Waals surface area contributed by atoms with Crippen LogP contribution >= 0.6 is 11.3 Å². The van der Waals surface area contributed by atoms with E-state index in [1.807, 2.05) is 42.5 Å². The Morgan fingerprint density at radius 2 is 1.84 bits per heavy atom. The summed E-state index contributed by atoms with van der Waals surface area (Å²) in [6.45, 7) is 3.69. The molecule has 0 bridgehead atoms. The fraction of sp³-hybridized carbons (Fsp3) is 0.304. The second-order valence-corrected chi connectivity index (χ2v) is 8.64. The summed E-state index contributed by atoms with van der Waals surface area (Å²) in [7, 11) is 1.46. The van der Waals surface area contributed by atoms with Crippen LogP contribution < -0.4 is 16.4 Å². The van der Waals surface area contributed by atoms with E-state index in [0.717, 1.165) is 16.3 Å². The minimum atomic E-state index is -0.804. The molecule has 0 unspecified atom stereocenters. The molecule has 9 heteroatoms. The van der Waals surface area contributed by atoms with Gasteiger partial charge in [0.2, 0.25) is 11.8 Å². The van der Waals surface area contributed by atoms with Gasteiger partial charge in [0.15, 0.2) is 0 Å². The molecule has 32 heavy (non-hydrogen) atoms. The first-order valence-corrected chi connectivity index (χ1v) is 10.9. The normalized spacial score (nSPS) is 12.8. The number of ether oxygens (including phenoxy) is 1. The molecular weight excluding hydrogens is 428 g/mol. The quantitative estimate of drug-likeness (QED) is 0.458. The molecule has 0 aliphatic rings. The molecule has 0 aliphatic heterocycles. The van der Waals surface area contributed by atoms with Crippen molar-refractivity contribution in [2.75, 3.05) is 13.7 Å². The number of carbonyl (C=O) groups is 3. The summed E-state index contributed by atoms with van der Waals surface area (Å²) < 4.78 is 5.18. The highest BCUT2D eigenvalue weighted by atomic mass is 32.1. The third-order valence-electron chi connectivity index (χ3n) is 5.05. The average Bonchev–Trinajstić information content (AvgIpc) is 3.17. The molecule has 0 saturated heterocycles. The van der Waals surface area contributed by atoms with E-state index in [2.05, 4.69) is 15.6 Å². The summed E-state index contributed by atoms with van der Waals surface area (Å²) >= 11 is 1.21. The predicted octanol–water partition coefficient (Wildman–Crippen LogP) is 2.25. The Morgan fingerprint density at radius 1 is 1.12 bits per heavy atom. The molecule has 3 amide bonds. The maximum absolute atomic E-state index is 12.9. The monoisotopic (exact) mass is 454 g/mol. The smallest absolute Gasteiger partial charge is 0.268 e. The summed E-state index contributed by atoms with van der Waals surface area (Å²) in [5, 5.41) is 8.35. The Balaban J connectivity index is 1.68. The van der Waals surface area contributed by atoms with Crippen molar-refractivity contribution in [1.82, 2.24) is 15.6 Å². The molecule has 0 radical (unpaired) electrons. The lowest BCUT2D eigenvalue weighted by atomic mass is 10.0. The van der Waals surface area contributed by atoms with Gasteiger partial charge in [0.1, 0.15) is 11.7 Å². The van der Waals surface area contributed by atoms with Gasteiger partial charge >= 0.3 is 0 Å². The van der Waals surface area contributed by atoms with Gasteiger partial charge in [-0.15, -0.1) is 11.3 Å². The van der Waals surface area contributed by atoms with Crippen molar-refractivity contribution in [2.24, 2.45) is 5.73 Å². The third kappa shape index (κ3) is 5.30. The van der Waals surface area contributed by atoms with Gasteiger partial charge in [-0.25, -0.2) is 4.98 Å². The highest BCUT2D eigenvalue weighted by Gasteiger charge is 2.30. The van der Waals surface area contributed by atoms with E-state index in [1.165, 1.54) is 18.4 Å². The molecular formula is C23H26N4O4S. The predicted molar refractivity (Wildman–Crippen MR) is 123 cm³/mol. The summed E-state index contributed by atoms with van der Waals surface area (Å²) in [5.74, 6) is -2.27. The number of aryl methyl sites for hydroxylation is 1. The summed E-state index contributed by atoms with van der Waals surface area (Å²) in [5.41, 5.74) is 6.45. The molecule has 4 N–H and O–H groups in total. The summed E-state index contributed by atoms with van der Waals surface area (Å²) in [6, 6.07) is 13.1. The first-order valence-electron chi connectivity index (χ1n) is 10.1. The Labute approximate surface area is 190 Å². The molecule has 2 aromatic carbocycles. The number of rotatable bonds is 9. The van der Waals surface area contributed by atoms with Gasteiger partial charge in [-0.2, -0.15) is 0 Å². The zero-order chi connectivity index (χ0) is 23.3. The second-order valence-electron chi connectivity index (χ2n) is 7.40. The highest BCUT2D eigenvalue weighted by Crippen LogP contribution is 2.27. The molecule has 0 spiro atoms. The van der Waals surface area contributed by atoms with E-state index in [9.17, 15) is 14.4 Å². The van der Waals surface area contributed by atoms with Crippen LogP contribution in [-0.2, 0) is 20.9 Å². The number of thiazole rings is 1. The standard InChI is InChI=1S/C23H26N4O4S/c1-13(22(29)25-11-16-9-6-8-15-7-4-5-10-17(15)16)26-23(30)18(12-31-3)20-19(21(24)28)27-14(2)32-20/h4-10,13,18H,11-12H2,1-3H3,(H2,24,28)(H,25,29)(H,26,30)/t13-,18+/m0/s1. The number of nitrogens with one attached hydrogen (secondary N) is 2. The number of methoxy groups -OCH3 is 1.